The molecule has 2 aromatic rings. The Balaban J connectivity index is 1.75. The second kappa shape index (κ2) is 6.87. The van der Waals surface area contributed by atoms with Crippen LogP contribution in [0.15, 0.2) is 53.1 Å². The molecule has 3 heteroatoms. The van der Waals surface area contributed by atoms with Crippen LogP contribution in [0.4, 0.5) is 0 Å². The third-order valence-electron chi connectivity index (χ3n) is 2.75. The molecule has 1 N–H and O–H groups in total. The smallest absolute Gasteiger partial charge is 0.119 e. The van der Waals surface area contributed by atoms with Gasteiger partial charge < -0.3 is 14.5 Å². The van der Waals surface area contributed by atoms with E-state index in [0.29, 0.717) is 0 Å². The molecule has 0 amide bonds. The fraction of sp³-hybridized carbons (Fsp3) is 0.333. The van der Waals surface area contributed by atoms with Gasteiger partial charge in [-0.3, -0.25) is 0 Å². The van der Waals surface area contributed by atoms with E-state index in [2.05, 4.69) is 12.2 Å². The van der Waals surface area contributed by atoms with Gasteiger partial charge in [-0.25, -0.2) is 0 Å². The van der Waals surface area contributed by atoms with E-state index in [4.69, 9.17) is 9.15 Å². The molecule has 0 bridgehead atoms. The summed E-state index contributed by atoms with van der Waals surface area (Å²) in [6.07, 6.45) is 2.84. The van der Waals surface area contributed by atoms with Crippen LogP contribution in [0.2, 0.25) is 0 Å². The minimum absolute atomic E-state index is 0.183. The van der Waals surface area contributed by atoms with Crippen molar-refractivity contribution in [2.45, 2.75) is 26.0 Å². The van der Waals surface area contributed by atoms with Gasteiger partial charge in [0.25, 0.3) is 0 Å². The molecule has 0 aliphatic rings. The van der Waals surface area contributed by atoms with Crippen LogP contribution in [0.1, 0.15) is 19.1 Å². The van der Waals surface area contributed by atoms with Crippen molar-refractivity contribution < 1.29 is 9.15 Å². The van der Waals surface area contributed by atoms with Crippen molar-refractivity contribution in [3.8, 4) is 5.75 Å². The van der Waals surface area contributed by atoms with Crippen molar-refractivity contribution in [2.24, 2.45) is 0 Å². The van der Waals surface area contributed by atoms with Gasteiger partial charge in [0.1, 0.15) is 17.6 Å². The minimum atomic E-state index is 0.183. The van der Waals surface area contributed by atoms with E-state index in [0.717, 1.165) is 31.0 Å². The highest BCUT2D eigenvalue weighted by atomic mass is 16.5. The Morgan fingerprint density at radius 3 is 2.67 bits per heavy atom. The first-order valence-corrected chi connectivity index (χ1v) is 6.33. The van der Waals surface area contributed by atoms with Crippen molar-refractivity contribution in [1.82, 2.24) is 5.32 Å². The highest BCUT2D eigenvalue weighted by molar-refractivity contribution is 5.21. The zero-order valence-corrected chi connectivity index (χ0v) is 10.6. The van der Waals surface area contributed by atoms with E-state index in [1.54, 1.807) is 6.26 Å². The molecular formula is C15H19NO2. The largest absolute Gasteiger partial charge is 0.489 e. The Hall–Kier alpha value is -1.74. The van der Waals surface area contributed by atoms with E-state index in [9.17, 15) is 0 Å². The second-order valence-electron chi connectivity index (χ2n) is 4.17. The maximum atomic E-state index is 5.89. The summed E-state index contributed by atoms with van der Waals surface area (Å²) >= 11 is 0. The summed E-state index contributed by atoms with van der Waals surface area (Å²) < 4.78 is 11.2. The topological polar surface area (TPSA) is 34.4 Å². The molecule has 0 saturated carbocycles. The fourth-order valence-electron chi connectivity index (χ4n) is 1.73. The molecule has 0 spiro atoms. The highest BCUT2D eigenvalue weighted by Gasteiger charge is 2.07. The van der Waals surface area contributed by atoms with Crippen LogP contribution >= 0.6 is 0 Å². The monoisotopic (exact) mass is 245 g/mol. The number of hydrogen-bond acceptors (Lipinski definition) is 3. The first-order valence-electron chi connectivity index (χ1n) is 6.33. The third-order valence-corrected chi connectivity index (χ3v) is 2.75. The summed E-state index contributed by atoms with van der Waals surface area (Å²) in [4.78, 5) is 0. The Bertz CT molecular complexity index is 425. The molecule has 0 fully saturated rings. The average molecular weight is 245 g/mol. The van der Waals surface area contributed by atoms with Crippen LogP contribution in [-0.4, -0.2) is 12.6 Å². The van der Waals surface area contributed by atoms with Crippen LogP contribution in [0.5, 0.6) is 5.75 Å². The van der Waals surface area contributed by atoms with Crippen molar-refractivity contribution in [2.75, 3.05) is 6.54 Å². The van der Waals surface area contributed by atoms with Gasteiger partial charge >= 0.3 is 0 Å². The number of ether oxygens (including phenoxy) is 1. The molecule has 0 aliphatic heterocycles. The SMILES string of the molecule is CCC(CNCc1ccco1)Oc1ccccc1. The summed E-state index contributed by atoms with van der Waals surface area (Å²) in [5, 5.41) is 3.34. The second-order valence-corrected chi connectivity index (χ2v) is 4.17. The van der Waals surface area contributed by atoms with Gasteiger partial charge in [-0.15, -0.1) is 0 Å². The summed E-state index contributed by atoms with van der Waals surface area (Å²) in [5.41, 5.74) is 0. The Labute approximate surface area is 108 Å². The molecule has 18 heavy (non-hydrogen) atoms. The summed E-state index contributed by atoms with van der Waals surface area (Å²) in [5.74, 6) is 1.87. The van der Waals surface area contributed by atoms with E-state index in [-0.39, 0.29) is 6.10 Å². The molecule has 1 aromatic heterocycles. The molecule has 2 rings (SSSR count). The lowest BCUT2D eigenvalue weighted by atomic mass is 10.2. The molecule has 1 aromatic carbocycles. The van der Waals surface area contributed by atoms with Crippen molar-refractivity contribution in [3.05, 3.63) is 54.5 Å². The molecule has 0 radical (unpaired) electrons. The minimum Gasteiger partial charge on any atom is -0.489 e. The zero-order valence-electron chi connectivity index (χ0n) is 10.6. The summed E-state index contributed by atoms with van der Waals surface area (Å²) in [7, 11) is 0. The molecule has 0 saturated heterocycles. The van der Waals surface area contributed by atoms with Gasteiger partial charge in [-0.05, 0) is 30.7 Å². The predicted molar refractivity (Wildman–Crippen MR) is 71.6 cm³/mol. The molecule has 1 heterocycles. The molecule has 1 unspecified atom stereocenters. The van der Waals surface area contributed by atoms with E-state index >= 15 is 0 Å². The van der Waals surface area contributed by atoms with Crippen LogP contribution in [0, 0.1) is 0 Å². The predicted octanol–water partition coefficient (Wildman–Crippen LogP) is 3.23. The number of benzene rings is 1. The normalized spacial score (nSPS) is 12.3. The molecular weight excluding hydrogens is 226 g/mol. The Morgan fingerprint density at radius 1 is 1.17 bits per heavy atom. The lowest BCUT2D eigenvalue weighted by Crippen LogP contribution is -2.30. The number of para-hydroxylation sites is 1. The standard InChI is InChI=1S/C15H19NO2/c1-2-13(18-14-7-4-3-5-8-14)11-16-12-15-9-6-10-17-15/h3-10,13,16H,2,11-12H2,1H3. The molecule has 0 aliphatic carbocycles. The van der Waals surface area contributed by atoms with Crippen molar-refractivity contribution in [3.63, 3.8) is 0 Å². The third kappa shape index (κ3) is 3.93. The van der Waals surface area contributed by atoms with Gasteiger partial charge in [0.05, 0.1) is 12.8 Å². The van der Waals surface area contributed by atoms with E-state index in [1.807, 2.05) is 42.5 Å². The molecule has 1 atom stereocenters. The van der Waals surface area contributed by atoms with Crippen molar-refractivity contribution >= 4 is 0 Å². The molecule has 3 nitrogen and oxygen atoms in total. The van der Waals surface area contributed by atoms with Gasteiger partial charge in [0.15, 0.2) is 0 Å². The van der Waals surface area contributed by atoms with Gasteiger partial charge in [-0.2, -0.15) is 0 Å². The number of hydrogen-bond donors (Lipinski definition) is 1. The van der Waals surface area contributed by atoms with Gasteiger partial charge in [-0.1, -0.05) is 25.1 Å². The van der Waals surface area contributed by atoms with Crippen LogP contribution < -0.4 is 10.1 Å². The highest BCUT2D eigenvalue weighted by Crippen LogP contribution is 2.12. The van der Waals surface area contributed by atoms with Crippen LogP contribution in [-0.2, 0) is 6.54 Å². The van der Waals surface area contributed by atoms with Crippen molar-refractivity contribution in [1.29, 1.82) is 0 Å². The maximum Gasteiger partial charge on any atom is 0.119 e. The summed E-state index contributed by atoms with van der Waals surface area (Å²) in [6.45, 7) is 3.68. The molecule has 96 valence electrons. The van der Waals surface area contributed by atoms with Crippen LogP contribution in [0.3, 0.4) is 0 Å². The Morgan fingerprint density at radius 2 is 2.00 bits per heavy atom. The lowest BCUT2D eigenvalue weighted by Gasteiger charge is -2.17. The van der Waals surface area contributed by atoms with Gasteiger partial charge in [0, 0.05) is 6.54 Å². The van der Waals surface area contributed by atoms with Gasteiger partial charge in [0.2, 0.25) is 0 Å². The average Bonchev–Trinajstić information content (AvgIpc) is 2.92. The number of furan rings is 1. The fourth-order valence-corrected chi connectivity index (χ4v) is 1.73. The maximum absolute atomic E-state index is 5.89. The number of nitrogens with one attached hydrogen (secondary N) is 1. The number of rotatable bonds is 7. The Kier molecular flexibility index (Phi) is 4.85. The lowest BCUT2D eigenvalue weighted by molar-refractivity contribution is 0.192. The summed E-state index contributed by atoms with van der Waals surface area (Å²) in [6, 6.07) is 13.8. The quantitative estimate of drug-likeness (QED) is 0.813. The van der Waals surface area contributed by atoms with E-state index in [1.165, 1.54) is 0 Å². The first-order chi connectivity index (χ1) is 8.88. The van der Waals surface area contributed by atoms with E-state index < -0.39 is 0 Å². The first kappa shape index (κ1) is 12.7. The van der Waals surface area contributed by atoms with Crippen LogP contribution in [0.25, 0.3) is 0 Å². The zero-order chi connectivity index (χ0) is 12.6.